The van der Waals surface area contributed by atoms with Crippen LogP contribution in [0, 0.1) is 20.8 Å². The first kappa shape index (κ1) is 21.9. The van der Waals surface area contributed by atoms with Crippen molar-refractivity contribution >= 4 is 11.8 Å². The maximum absolute atomic E-state index is 12.8. The number of rotatable bonds is 5. The van der Waals surface area contributed by atoms with E-state index in [2.05, 4.69) is 0 Å². The van der Waals surface area contributed by atoms with E-state index < -0.39 is 0 Å². The summed E-state index contributed by atoms with van der Waals surface area (Å²) in [5, 5.41) is 0. The summed E-state index contributed by atoms with van der Waals surface area (Å²) >= 11 is 0. The molecule has 2 amide bonds. The van der Waals surface area contributed by atoms with Gasteiger partial charge in [-0.25, -0.2) is 9.97 Å². The van der Waals surface area contributed by atoms with Gasteiger partial charge in [-0.1, -0.05) is 29.8 Å². The molecule has 2 heterocycles. The molecule has 1 aromatic carbocycles. The van der Waals surface area contributed by atoms with Crippen molar-refractivity contribution in [1.82, 2.24) is 19.8 Å². The second-order valence-electron chi connectivity index (χ2n) is 8.54. The summed E-state index contributed by atoms with van der Waals surface area (Å²) in [5.41, 5.74) is 4.86. The number of aromatic nitrogens is 2. The highest BCUT2D eigenvalue weighted by Gasteiger charge is 2.27. The van der Waals surface area contributed by atoms with Gasteiger partial charge in [0.1, 0.15) is 5.82 Å². The Morgan fingerprint density at radius 3 is 2.27 bits per heavy atom. The summed E-state index contributed by atoms with van der Waals surface area (Å²) in [7, 11) is 3.51. The minimum absolute atomic E-state index is 0.0445. The Morgan fingerprint density at radius 2 is 1.67 bits per heavy atom. The average molecular weight is 409 g/mol. The monoisotopic (exact) mass is 408 g/mol. The summed E-state index contributed by atoms with van der Waals surface area (Å²) < 4.78 is 0. The van der Waals surface area contributed by atoms with E-state index in [1.165, 1.54) is 5.56 Å². The second kappa shape index (κ2) is 9.37. The molecule has 0 radical (unpaired) electrons. The molecule has 6 heteroatoms. The molecule has 3 rings (SSSR count). The van der Waals surface area contributed by atoms with E-state index in [0.29, 0.717) is 19.4 Å². The number of hydrogen-bond donors (Lipinski definition) is 0. The highest BCUT2D eigenvalue weighted by Crippen LogP contribution is 2.26. The number of nitrogens with zero attached hydrogens (tertiary/aromatic N) is 4. The number of carbonyl (C=O) groups is 2. The predicted molar refractivity (Wildman–Crippen MR) is 117 cm³/mol. The van der Waals surface area contributed by atoms with E-state index in [4.69, 9.17) is 9.97 Å². The van der Waals surface area contributed by atoms with Crippen molar-refractivity contribution in [2.45, 2.75) is 52.4 Å². The average Bonchev–Trinajstić information content (AvgIpc) is 2.72. The summed E-state index contributed by atoms with van der Waals surface area (Å²) in [6, 6.07) is 8.14. The van der Waals surface area contributed by atoms with Gasteiger partial charge in [0, 0.05) is 50.1 Å². The largest absolute Gasteiger partial charge is 0.349 e. The Hall–Kier alpha value is -2.76. The van der Waals surface area contributed by atoms with Crippen LogP contribution in [0.25, 0.3) is 0 Å². The molecule has 0 N–H and O–H groups in total. The fourth-order valence-corrected chi connectivity index (χ4v) is 3.92. The molecule has 30 heavy (non-hydrogen) atoms. The zero-order valence-corrected chi connectivity index (χ0v) is 18.7. The zero-order chi connectivity index (χ0) is 21.8. The van der Waals surface area contributed by atoms with Crippen LogP contribution in [0.2, 0.25) is 0 Å². The number of benzene rings is 1. The first-order chi connectivity index (χ1) is 14.2. The lowest BCUT2D eigenvalue weighted by atomic mass is 9.95. The van der Waals surface area contributed by atoms with Gasteiger partial charge in [0.05, 0.1) is 12.8 Å². The lowest BCUT2D eigenvalue weighted by Gasteiger charge is -2.32. The van der Waals surface area contributed by atoms with E-state index >= 15 is 0 Å². The van der Waals surface area contributed by atoms with E-state index in [1.807, 2.05) is 49.9 Å². The number of likely N-dealkylation sites (tertiary alicyclic amines) is 1. The van der Waals surface area contributed by atoms with Crippen molar-refractivity contribution in [3.05, 3.63) is 58.2 Å². The van der Waals surface area contributed by atoms with Gasteiger partial charge in [0.2, 0.25) is 11.8 Å². The van der Waals surface area contributed by atoms with Crippen molar-refractivity contribution in [2.24, 2.45) is 0 Å². The van der Waals surface area contributed by atoms with Crippen LogP contribution < -0.4 is 0 Å². The molecule has 1 saturated heterocycles. The van der Waals surface area contributed by atoms with Gasteiger partial charge in [-0.05, 0) is 39.2 Å². The molecule has 0 bridgehead atoms. The van der Waals surface area contributed by atoms with Crippen molar-refractivity contribution < 1.29 is 9.59 Å². The Bertz CT molecular complexity index is 898. The Balaban J connectivity index is 1.70. The number of aryl methyl sites for hydroxylation is 3. The minimum Gasteiger partial charge on any atom is -0.349 e. The van der Waals surface area contributed by atoms with Crippen molar-refractivity contribution in [3.63, 3.8) is 0 Å². The van der Waals surface area contributed by atoms with Crippen molar-refractivity contribution in [1.29, 1.82) is 0 Å². The number of carbonyl (C=O) groups excluding carboxylic acids is 2. The molecule has 0 saturated carbocycles. The summed E-state index contributed by atoms with van der Waals surface area (Å²) in [6.45, 7) is 7.37. The van der Waals surface area contributed by atoms with Gasteiger partial charge >= 0.3 is 0 Å². The Labute approximate surface area is 179 Å². The molecule has 0 aliphatic carbocycles. The molecular formula is C24H32N4O2. The van der Waals surface area contributed by atoms with E-state index in [1.54, 1.807) is 19.0 Å². The Kier molecular flexibility index (Phi) is 6.85. The van der Waals surface area contributed by atoms with Gasteiger partial charge in [0.15, 0.2) is 0 Å². The van der Waals surface area contributed by atoms with E-state index in [0.717, 1.165) is 47.7 Å². The highest BCUT2D eigenvalue weighted by atomic mass is 16.2. The third-order valence-corrected chi connectivity index (χ3v) is 5.88. The molecule has 1 aliphatic rings. The van der Waals surface area contributed by atoms with Crippen LogP contribution in [0.3, 0.4) is 0 Å². The van der Waals surface area contributed by atoms with Crippen molar-refractivity contribution in [2.75, 3.05) is 27.2 Å². The minimum atomic E-state index is 0.0445. The number of amides is 2. The molecule has 0 spiro atoms. The number of hydrogen-bond acceptors (Lipinski definition) is 4. The lowest BCUT2D eigenvalue weighted by molar-refractivity contribution is -0.131. The quantitative estimate of drug-likeness (QED) is 0.763. The number of piperidine rings is 1. The van der Waals surface area contributed by atoms with Crippen LogP contribution in [0.5, 0.6) is 0 Å². The van der Waals surface area contributed by atoms with Crippen LogP contribution in [0.15, 0.2) is 24.3 Å². The topological polar surface area (TPSA) is 66.4 Å². The van der Waals surface area contributed by atoms with Crippen molar-refractivity contribution in [3.8, 4) is 0 Å². The van der Waals surface area contributed by atoms with Gasteiger partial charge in [0.25, 0.3) is 0 Å². The summed E-state index contributed by atoms with van der Waals surface area (Å²) in [5.74, 6) is 1.13. The molecule has 1 aliphatic heterocycles. The molecule has 1 atom stereocenters. The maximum Gasteiger partial charge on any atom is 0.227 e. The van der Waals surface area contributed by atoms with Gasteiger partial charge in [-0.15, -0.1) is 0 Å². The molecular weight excluding hydrogens is 376 g/mol. The molecule has 6 nitrogen and oxygen atoms in total. The fourth-order valence-electron chi connectivity index (χ4n) is 3.92. The molecule has 1 fully saturated rings. The predicted octanol–water partition coefficient (Wildman–Crippen LogP) is 2.98. The third-order valence-electron chi connectivity index (χ3n) is 5.88. The van der Waals surface area contributed by atoms with Crippen LogP contribution in [0.4, 0.5) is 0 Å². The smallest absolute Gasteiger partial charge is 0.227 e. The van der Waals surface area contributed by atoms with Crippen LogP contribution in [-0.2, 0) is 22.4 Å². The third kappa shape index (κ3) is 5.23. The molecule has 1 aromatic heterocycles. The van der Waals surface area contributed by atoms with Crippen LogP contribution >= 0.6 is 0 Å². The second-order valence-corrected chi connectivity index (χ2v) is 8.54. The summed E-state index contributed by atoms with van der Waals surface area (Å²) in [4.78, 5) is 38.0. The molecule has 2 aromatic rings. The molecule has 0 unspecified atom stereocenters. The van der Waals surface area contributed by atoms with Gasteiger partial charge in [-0.3, -0.25) is 9.59 Å². The first-order valence-corrected chi connectivity index (χ1v) is 10.6. The Morgan fingerprint density at radius 1 is 1.03 bits per heavy atom. The highest BCUT2D eigenvalue weighted by molar-refractivity contribution is 5.79. The summed E-state index contributed by atoms with van der Waals surface area (Å²) in [6.07, 6.45) is 2.67. The van der Waals surface area contributed by atoms with E-state index in [-0.39, 0.29) is 17.7 Å². The van der Waals surface area contributed by atoms with E-state index in [9.17, 15) is 9.59 Å². The fraction of sp³-hybridized carbons (Fsp3) is 0.500. The first-order valence-electron chi connectivity index (χ1n) is 10.6. The zero-order valence-electron chi connectivity index (χ0n) is 18.7. The maximum atomic E-state index is 12.8. The lowest BCUT2D eigenvalue weighted by Crippen LogP contribution is -2.40. The van der Waals surface area contributed by atoms with Crippen LogP contribution in [-0.4, -0.2) is 58.8 Å². The van der Waals surface area contributed by atoms with Gasteiger partial charge < -0.3 is 9.80 Å². The SMILES string of the molecule is Cc1ccc(CC(=O)N2CCC[C@@H](c3nc(C)c(CC(=O)N(C)C)c(C)n3)C2)cc1. The number of likely N-dealkylation sites (N-methyl/N-ethyl adjacent to an activating group) is 1. The molecule has 160 valence electrons. The van der Waals surface area contributed by atoms with Crippen LogP contribution in [0.1, 0.15) is 52.7 Å². The standard InChI is InChI=1S/C24H32N4O2/c1-16-8-10-19(11-9-16)13-23(30)28-12-6-7-20(15-28)24-25-17(2)21(18(3)26-24)14-22(29)27(4)5/h8-11,20H,6-7,12-15H2,1-5H3/t20-/m1/s1. The van der Waals surface area contributed by atoms with Gasteiger partial charge in [-0.2, -0.15) is 0 Å². The normalized spacial score (nSPS) is 16.4.